The monoisotopic (exact) mass is 360 g/mol. The molecule has 1 heterocycles. The van der Waals surface area contributed by atoms with Crippen molar-refractivity contribution in [3.8, 4) is 0 Å². The van der Waals surface area contributed by atoms with Crippen molar-refractivity contribution in [1.29, 1.82) is 0 Å². The quantitative estimate of drug-likeness (QED) is 0.578. The molecular weight excluding hydrogens is 350 g/mol. The zero-order chi connectivity index (χ0) is 17.4. The van der Waals surface area contributed by atoms with Crippen LogP contribution in [0.1, 0.15) is 23.9 Å². The summed E-state index contributed by atoms with van der Waals surface area (Å²) in [6.07, 6.45) is -9.56. The van der Waals surface area contributed by atoms with Gasteiger partial charge in [0.15, 0.2) is 0 Å². The predicted molar refractivity (Wildman–Crippen MR) is 70.9 cm³/mol. The molecule has 2 aromatic rings. The number of halogens is 7. The Labute approximate surface area is 131 Å². The second-order valence-electron chi connectivity index (χ2n) is 4.61. The van der Waals surface area contributed by atoms with Crippen molar-refractivity contribution in [2.24, 2.45) is 0 Å². The van der Waals surface area contributed by atoms with Crippen molar-refractivity contribution < 1.29 is 31.1 Å². The molecule has 0 atom stereocenters. The summed E-state index contributed by atoms with van der Waals surface area (Å²) in [5, 5.41) is 0. The Hall–Kier alpha value is -1.48. The molecule has 2 rings (SSSR count). The summed E-state index contributed by atoms with van der Waals surface area (Å²) in [5.74, 6) is -1.81. The van der Waals surface area contributed by atoms with Crippen LogP contribution < -0.4 is 0 Å². The van der Waals surface area contributed by atoms with Crippen molar-refractivity contribution in [2.45, 2.75) is 31.9 Å². The molecule has 0 aliphatic carbocycles. The fraction of sp³-hybridized carbons (Fsp3) is 0.462. The first-order valence-corrected chi connectivity index (χ1v) is 6.94. The van der Waals surface area contributed by atoms with Gasteiger partial charge in [-0.3, -0.25) is 4.57 Å². The average molecular weight is 361 g/mol. The van der Waals surface area contributed by atoms with Crippen molar-refractivity contribution in [3.63, 3.8) is 0 Å². The number of alkyl halides is 7. The fourth-order valence-corrected chi connectivity index (χ4v) is 2.34. The lowest BCUT2D eigenvalue weighted by Gasteiger charge is -2.13. The number of nitrogens with zero attached hydrogens (tertiary/aromatic N) is 2. The van der Waals surface area contributed by atoms with E-state index in [4.69, 9.17) is 16.3 Å². The maximum atomic E-state index is 13.0. The smallest absolute Gasteiger partial charge is 0.361 e. The molecule has 23 heavy (non-hydrogen) atoms. The molecule has 10 heteroatoms. The largest absolute Gasteiger partial charge is 0.449 e. The molecule has 0 saturated carbocycles. The van der Waals surface area contributed by atoms with E-state index in [0.717, 1.165) is 6.07 Å². The molecule has 0 radical (unpaired) electrons. The van der Waals surface area contributed by atoms with E-state index in [1.54, 1.807) is 6.92 Å². The van der Waals surface area contributed by atoms with Gasteiger partial charge < -0.3 is 4.74 Å². The summed E-state index contributed by atoms with van der Waals surface area (Å²) in [5.41, 5.74) is -1.96. The van der Waals surface area contributed by atoms with E-state index < -0.39 is 41.9 Å². The van der Waals surface area contributed by atoms with E-state index in [2.05, 4.69) is 4.98 Å². The van der Waals surface area contributed by atoms with Gasteiger partial charge in [-0.2, -0.15) is 26.3 Å². The summed E-state index contributed by atoms with van der Waals surface area (Å²) in [6, 6.07) is 1.54. The Morgan fingerprint density at radius 3 is 2.26 bits per heavy atom. The first kappa shape index (κ1) is 17.9. The first-order chi connectivity index (χ1) is 10.6. The van der Waals surface area contributed by atoms with Crippen LogP contribution in [0.3, 0.4) is 0 Å². The summed E-state index contributed by atoms with van der Waals surface area (Å²) >= 11 is 5.51. The lowest BCUT2D eigenvalue weighted by atomic mass is 10.1. The Balaban J connectivity index is 2.74. The number of aromatic nitrogens is 2. The molecular formula is C13H11ClF6N2O. The van der Waals surface area contributed by atoms with E-state index in [9.17, 15) is 26.3 Å². The van der Waals surface area contributed by atoms with Crippen LogP contribution in [0.25, 0.3) is 11.0 Å². The highest BCUT2D eigenvalue weighted by Crippen LogP contribution is 2.37. The van der Waals surface area contributed by atoms with E-state index in [1.165, 1.54) is 0 Å². The number of fused-ring (bicyclic) bond motifs is 1. The molecule has 0 amide bonds. The molecule has 0 N–H and O–H groups in total. The number of hydrogen-bond donors (Lipinski definition) is 0. The SMILES string of the molecule is CCOCn1c(C(F)(F)F)nc2cc(C(F)(F)F)c(CCl)cc21. The van der Waals surface area contributed by atoms with Crippen LogP contribution in [0.2, 0.25) is 0 Å². The van der Waals surface area contributed by atoms with Gasteiger partial charge in [0.05, 0.1) is 16.6 Å². The molecule has 0 bridgehead atoms. The topological polar surface area (TPSA) is 27.1 Å². The third-order valence-corrected chi connectivity index (χ3v) is 3.39. The van der Waals surface area contributed by atoms with Gasteiger partial charge in [-0.15, -0.1) is 11.6 Å². The highest BCUT2D eigenvalue weighted by atomic mass is 35.5. The number of ether oxygens (including phenoxy) is 1. The predicted octanol–water partition coefficient (Wildman–Crippen LogP) is 4.81. The van der Waals surface area contributed by atoms with Crippen LogP contribution in [0, 0.1) is 0 Å². The molecule has 3 nitrogen and oxygen atoms in total. The minimum absolute atomic E-state index is 0.116. The van der Waals surface area contributed by atoms with Gasteiger partial charge in [0.1, 0.15) is 6.73 Å². The maximum Gasteiger partial charge on any atom is 0.449 e. The van der Waals surface area contributed by atoms with Crippen molar-refractivity contribution in [3.05, 3.63) is 29.1 Å². The molecule has 0 aliphatic heterocycles. The zero-order valence-corrected chi connectivity index (χ0v) is 12.5. The Kier molecular flexibility index (Phi) is 4.81. The molecule has 1 aromatic heterocycles. The van der Waals surface area contributed by atoms with Gasteiger partial charge in [0.25, 0.3) is 0 Å². The van der Waals surface area contributed by atoms with Crippen LogP contribution in [0.5, 0.6) is 0 Å². The molecule has 0 unspecified atom stereocenters. The molecule has 0 spiro atoms. The van der Waals surface area contributed by atoms with Gasteiger partial charge in [0, 0.05) is 12.5 Å². The minimum Gasteiger partial charge on any atom is -0.361 e. The molecule has 0 fully saturated rings. The summed E-state index contributed by atoms with van der Waals surface area (Å²) in [6.45, 7) is 1.24. The van der Waals surface area contributed by atoms with Crippen molar-refractivity contribution in [2.75, 3.05) is 6.61 Å². The molecule has 128 valence electrons. The second-order valence-corrected chi connectivity index (χ2v) is 4.88. The normalized spacial score (nSPS) is 13.0. The second kappa shape index (κ2) is 6.20. The van der Waals surface area contributed by atoms with Gasteiger partial charge in [-0.05, 0) is 24.6 Å². The van der Waals surface area contributed by atoms with Crippen molar-refractivity contribution in [1.82, 2.24) is 9.55 Å². The van der Waals surface area contributed by atoms with E-state index >= 15 is 0 Å². The van der Waals surface area contributed by atoms with Gasteiger partial charge in [-0.25, -0.2) is 4.98 Å². The van der Waals surface area contributed by atoms with Crippen LogP contribution in [-0.2, 0) is 29.7 Å². The van der Waals surface area contributed by atoms with Crippen LogP contribution in [0.4, 0.5) is 26.3 Å². The average Bonchev–Trinajstić information content (AvgIpc) is 2.80. The van der Waals surface area contributed by atoms with Crippen LogP contribution in [-0.4, -0.2) is 16.2 Å². The Morgan fingerprint density at radius 1 is 1.13 bits per heavy atom. The van der Waals surface area contributed by atoms with Crippen LogP contribution in [0.15, 0.2) is 12.1 Å². The fourth-order valence-electron chi connectivity index (χ4n) is 2.12. The zero-order valence-electron chi connectivity index (χ0n) is 11.7. The van der Waals surface area contributed by atoms with Crippen LogP contribution >= 0.6 is 11.6 Å². The number of hydrogen-bond acceptors (Lipinski definition) is 2. The molecule has 0 saturated heterocycles. The number of rotatable bonds is 4. The summed E-state index contributed by atoms with van der Waals surface area (Å²) in [4.78, 5) is 3.30. The first-order valence-electron chi connectivity index (χ1n) is 6.40. The number of benzene rings is 1. The highest BCUT2D eigenvalue weighted by molar-refractivity contribution is 6.17. The Bertz CT molecular complexity index is 707. The number of imidazole rings is 1. The minimum atomic E-state index is -4.82. The molecule has 0 aliphatic rings. The lowest BCUT2D eigenvalue weighted by Crippen LogP contribution is -2.16. The van der Waals surface area contributed by atoms with Crippen molar-refractivity contribution >= 4 is 22.6 Å². The lowest BCUT2D eigenvalue weighted by molar-refractivity contribution is -0.149. The third-order valence-electron chi connectivity index (χ3n) is 3.10. The van der Waals surface area contributed by atoms with Gasteiger partial charge in [-0.1, -0.05) is 0 Å². The van der Waals surface area contributed by atoms with Gasteiger partial charge >= 0.3 is 12.4 Å². The standard InChI is InChI=1S/C13H11ClF6N2O/c1-2-23-6-22-10-3-7(5-14)8(12(15,16)17)4-9(10)21-11(22)13(18,19)20/h3-4H,2,5-6H2,1H3. The summed E-state index contributed by atoms with van der Waals surface area (Å²) in [7, 11) is 0. The van der Waals surface area contributed by atoms with E-state index in [0.29, 0.717) is 10.6 Å². The Morgan fingerprint density at radius 2 is 1.78 bits per heavy atom. The maximum absolute atomic E-state index is 13.0. The highest BCUT2D eigenvalue weighted by Gasteiger charge is 2.39. The van der Waals surface area contributed by atoms with E-state index in [-0.39, 0.29) is 17.7 Å². The van der Waals surface area contributed by atoms with Gasteiger partial charge in [0.2, 0.25) is 5.82 Å². The third kappa shape index (κ3) is 3.55. The van der Waals surface area contributed by atoms with E-state index in [1.807, 2.05) is 0 Å². The molecule has 1 aromatic carbocycles. The summed E-state index contributed by atoms with van der Waals surface area (Å²) < 4.78 is 83.7.